The molecule has 0 amide bonds. The molecule has 4 rings (SSSR count). The Kier molecular flexibility index (Phi) is 6.61. The molecule has 1 aromatic heterocycles. The van der Waals surface area contributed by atoms with E-state index >= 15 is 0 Å². The van der Waals surface area contributed by atoms with Crippen molar-refractivity contribution in [1.82, 2.24) is 0 Å². The van der Waals surface area contributed by atoms with Gasteiger partial charge in [0.25, 0.3) is 0 Å². The number of nitrogen functional groups attached to an aromatic ring is 1. The number of anilines is 1. The number of aromatic nitrogens is 1. The van der Waals surface area contributed by atoms with E-state index in [9.17, 15) is 0 Å². The van der Waals surface area contributed by atoms with Gasteiger partial charge in [0.05, 0.1) is 22.7 Å². The van der Waals surface area contributed by atoms with Crippen molar-refractivity contribution in [2.75, 3.05) is 5.73 Å². The average Bonchev–Trinajstić information content (AvgIpc) is 2.74. The van der Waals surface area contributed by atoms with Crippen LogP contribution in [0.15, 0.2) is 106 Å². The van der Waals surface area contributed by atoms with E-state index in [1.165, 1.54) is 0 Å². The van der Waals surface area contributed by atoms with Crippen molar-refractivity contribution in [3.8, 4) is 0 Å². The Balaban J connectivity index is 0.00000240. The lowest BCUT2D eigenvalue weighted by molar-refractivity contribution is -0.671. The molecule has 144 valence electrons. The van der Waals surface area contributed by atoms with Crippen molar-refractivity contribution < 1.29 is 28.5 Å². The minimum atomic E-state index is 0. The number of nitrogens with two attached hydrogens (primary N) is 1. The number of fused-ring (bicyclic) bond motifs is 1. The largest absolute Gasteiger partial charge is 1.00 e. The fraction of sp³-hybridized carbons (Fsp3) is 0.0455. The summed E-state index contributed by atoms with van der Waals surface area (Å²) in [4.78, 5) is 0. The minimum Gasteiger partial charge on any atom is -1.00 e. The fourth-order valence-corrected chi connectivity index (χ4v) is 2.77. The third kappa shape index (κ3) is 5.00. The quantitative estimate of drug-likeness (QED) is 0.201. The van der Waals surface area contributed by atoms with Gasteiger partial charge in [-0.15, -0.1) is 5.11 Å². The van der Waals surface area contributed by atoms with Crippen molar-refractivity contribution in [3.05, 3.63) is 85.2 Å². The number of nitrogens with zero attached hydrogens (tertiary/aromatic N) is 5. The SMILES string of the molecule is C[n+]1ccc(N=Nc2ccc(N=Nc3ccc(N)c4ccccc34)cc2)cc1.[I-]. The highest BCUT2D eigenvalue weighted by molar-refractivity contribution is 5.99. The number of benzene rings is 3. The Labute approximate surface area is 185 Å². The number of hydrogen-bond donors (Lipinski definition) is 1. The third-order valence-electron chi connectivity index (χ3n) is 4.30. The van der Waals surface area contributed by atoms with Crippen LogP contribution in [-0.4, -0.2) is 0 Å². The summed E-state index contributed by atoms with van der Waals surface area (Å²) in [6.45, 7) is 0. The summed E-state index contributed by atoms with van der Waals surface area (Å²) < 4.78 is 1.95. The van der Waals surface area contributed by atoms with E-state index in [2.05, 4.69) is 20.5 Å². The van der Waals surface area contributed by atoms with E-state index in [4.69, 9.17) is 5.73 Å². The summed E-state index contributed by atoms with van der Waals surface area (Å²) >= 11 is 0. The van der Waals surface area contributed by atoms with Crippen LogP contribution < -0.4 is 34.3 Å². The summed E-state index contributed by atoms with van der Waals surface area (Å²) in [5, 5.41) is 19.2. The van der Waals surface area contributed by atoms with Crippen LogP contribution in [0, 0.1) is 0 Å². The van der Waals surface area contributed by atoms with Gasteiger partial charge in [-0.1, -0.05) is 24.3 Å². The summed E-state index contributed by atoms with van der Waals surface area (Å²) in [7, 11) is 1.96. The lowest BCUT2D eigenvalue weighted by Gasteiger charge is -2.04. The van der Waals surface area contributed by atoms with Gasteiger partial charge in [0.2, 0.25) is 0 Å². The summed E-state index contributed by atoms with van der Waals surface area (Å²) in [6.07, 6.45) is 3.86. The second kappa shape index (κ2) is 9.33. The number of halogens is 1. The Bertz CT molecular complexity index is 1170. The van der Waals surface area contributed by atoms with E-state index in [1.54, 1.807) is 0 Å². The fourth-order valence-electron chi connectivity index (χ4n) is 2.77. The Morgan fingerprint density at radius 3 is 1.76 bits per heavy atom. The van der Waals surface area contributed by atoms with Crippen LogP contribution >= 0.6 is 0 Å². The second-order valence-electron chi connectivity index (χ2n) is 6.36. The lowest BCUT2D eigenvalue weighted by atomic mass is 10.1. The minimum absolute atomic E-state index is 0. The van der Waals surface area contributed by atoms with Gasteiger partial charge >= 0.3 is 0 Å². The smallest absolute Gasteiger partial charge is 0.170 e. The van der Waals surface area contributed by atoms with Gasteiger partial charge < -0.3 is 29.7 Å². The molecule has 0 bridgehead atoms. The normalized spacial score (nSPS) is 11.2. The molecular weight excluding hydrogens is 475 g/mol. The highest BCUT2D eigenvalue weighted by Gasteiger charge is 2.02. The van der Waals surface area contributed by atoms with Crippen molar-refractivity contribution in [1.29, 1.82) is 0 Å². The number of azo groups is 2. The molecule has 0 aliphatic rings. The molecule has 29 heavy (non-hydrogen) atoms. The van der Waals surface area contributed by atoms with Crippen LogP contribution in [-0.2, 0) is 7.05 Å². The van der Waals surface area contributed by atoms with Crippen LogP contribution in [0.2, 0.25) is 0 Å². The Morgan fingerprint density at radius 1 is 0.621 bits per heavy atom. The topological polar surface area (TPSA) is 79.3 Å². The molecule has 4 aromatic rings. The van der Waals surface area contributed by atoms with Crippen molar-refractivity contribution in [2.24, 2.45) is 27.5 Å². The maximum Gasteiger partial charge on any atom is 0.170 e. The van der Waals surface area contributed by atoms with Crippen LogP contribution in [0.1, 0.15) is 0 Å². The number of hydrogen-bond acceptors (Lipinski definition) is 5. The predicted molar refractivity (Wildman–Crippen MR) is 111 cm³/mol. The molecule has 0 fully saturated rings. The van der Waals surface area contributed by atoms with Gasteiger partial charge in [0.15, 0.2) is 12.4 Å². The molecule has 0 saturated carbocycles. The maximum atomic E-state index is 6.03. The summed E-state index contributed by atoms with van der Waals surface area (Å²) in [5.41, 5.74) is 9.85. The van der Waals surface area contributed by atoms with E-state index in [-0.39, 0.29) is 24.0 Å². The highest BCUT2D eigenvalue weighted by atomic mass is 127. The Morgan fingerprint density at radius 2 is 1.14 bits per heavy atom. The molecular formula is C22H19IN6. The number of rotatable bonds is 4. The Hall–Kier alpha value is -3.20. The zero-order chi connectivity index (χ0) is 19.3. The lowest BCUT2D eigenvalue weighted by Crippen LogP contribution is -3.00. The molecule has 0 atom stereocenters. The van der Waals surface area contributed by atoms with Gasteiger partial charge in [-0.05, 0) is 36.4 Å². The molecule has 1 heterocycles. The van der Waals surface area contributed by atoms with Crippen molar-refractivity contribution in [3.63, 3.8) is 0 Å². The molecule has 2 N–H and O–H groups in total. The second-order valence-corrected chi connectivity index (χ2v) is 6.36. The van der Waals surface area contributed by atoms with E-state index in [0.29, 0.717) is 0 Å². The summed E-state index contributed by atoms with van der Waals surface area (Å²) in [5.74, 6) is 0. The molecule has 0 spiro atoms. The van der Waals surface area contributed by atoms with Crippen LogP contribution in [0.3, 0.4) is 0 Å². The first-order valence-electron chi connectivity index (χ1n) is 8.85. The predicted octanol–water partition coefficient (Wildman–Crippen LogP) is 3.08. The van der Waals surface area contributed by atoms with E-state index < -0.39 is 0 Å². The molecule has 0 radical (unpaired) electrons. The molecule has 3 aromatic carbocycles. The van der Waals surface area contributed by atoms with E-state index in [1.807, 2.05) is 96.8 Å². The number of aryl methyl sites for hydroxylation is 1. The monoisotopic (exact) mass is 494 g/mol. The molecule has 0 aliphatic heterocycles. The van der Waals surface area contributed by atoms with Gasteiger partial charge in [-0.25, -0.2) is 4.57 Å². The van der Waals surface area contributed by atoms with Gasteiger partial charge in [-0.3, -0.25) is 0 Å². The van der Waals surface area contributed by atoms with Gasteiger partial charge in [-0.2, -0.15) is 15.3 Å². The molecule has 6 nitrogen and oxygen atoms in total. The maximum absolute atomic E-state index is 6.03. The number of pyridine rings is 1. The average molecular weight is 494 g/mol. The molecule has 0 unspecified atom stereocenters. The summed E-state index contributed by atoms with van der Waals surface area (Å²) in [6, 6.07) is 22.9. The van der Waals surface area contributed by atoms with Crippen LogP contribution in [0.4, 0.5) is 28.4 Å². The van der Waals surface area contributed by atoms with Gasteiger partial charge in [0, 0.05) is 28.6 Å². The van der Waals surface area contributed by atoms with Gasteiger partial charge in [0.1, 0.15) is 7.05 Å². The van der Waals surface area contributed by atoms with Crippen LogP contribution in [0.5, 0.6) is 0 Å². The highest BCUT2D eigenvalue weighted by Crippen LogP contribution is 2.31. The molecule has 0 saturated heterocycles. The first-order chi connectivity index (χ1) is 13.7. The third-order valence-corrected chi connectivity index (χ3v) is 4.30. The zero-order valence-electron chi connectivity index (χ0n) is 15.8. The van der Waals surface area contributed by atoms with E-state index in [0.717, 1.165) is 39.2 Å². The molecule has 7 heteroatoms. The first-order valence-corrected chi connectivity index (χ1v) is 8.85. The van der Waals surface area contributed by atoms with Crippen molar-refractivity contribution >= 4 is 39.2 Å². The standard InChI is InChI=1S/C22H18N6.HI/c1-28-14-12-18(13-15-28)25-24-16-6-8-17(9-7-16)26-27-22-11-10-21(23)19-4-2-3-5-20(19)22;/h2-15,23H,1H3;1H. The van der Waals surface area contributed by atoms with Crippen molar-refractivity contribution in [2.45, 2.75) is 0 Å². The first kappa shape index (κ1) is 20.5. The zero-order valence-corrected chi connectivity index (χ0v) is 17.9. The molecule has 0 aliphatic carbocycles. The van der Waals surface area contributed by atoms with Crippen LogP contribution in [0.25, 0.3) is 10.8 Å².